The van der Waals surface area contributed by atoms with E-state index in [0.29, 0.717) is 5.56 Å². The number of carbonyl (C=O) groups is 2. The van der Waals surface area contributed by atoms with Gasteiger partial charge in [-0.3, -0.25) is 14.6 Å². The Bertz CT molecular complexity index is 415. The van der Waals surface area contributed by atoms with Gasteiger partial charge in [0.25, 0.3) is 11.8 Å². The highest BCUT2D eigenvalue weighted by molar-refractivity contribution is 5.95. The van der Waals surface area contributed by atoms with Gasteiger partial charge in [-0.25, -0.2) is 0 Å². The Morgan fingerprint density at radius 1 is 1.39 bits per heavy atom. The van der Waals surface area contributed by atoms with Crippen LogP contribution >= 0.6 is 0 Å². The molecule has 0 unspecified atom stereocenters. The van der Waals surface area contributed by atoms with Crippen molar-refractivity contribution in [3.05, 3.63) is 29.6 Å². The Morgan fingerprint density at radius 2 is 2.06 bits per heavy atom. The van der Waals surface area contributed by atoms with Gasteiger partial charge in [0.05, 0.1) is 12.1 Å². The first-order valence-electron chi connectivity index (χ1n) is 5.18. The van der Waals surface area contributed by atoms with Crippen molar-refractivity contribution in [2.45, 2.75) is 6.29 Å². The lowest BCUT2D eigenvalue weighted by Gasteiger charge is -2.13. The largest absolute Gasteiger partial charge is 0.364 e. The van der Waals surface area contributed by atoms with E-state index in [1.807, 2.05) is 0 Å². The van der Waals surface area contributed by atoms with Crippen molar-refractivity contribution in [2.75, 3.05) is 20.8 Å². The van der Waals surface area contributed by atoms with Crippen LogP contribution < -0.4 is 11.1 Å². The van der Waals surface area contributed by atoms with Crippen molar-refractivity contribution >= 4 is 11.8 Å². The third-order valence-corrected chi connectivity index (χ3v) is 2.23. The SMILES string of the molecule is COC(CNC(=O)c1ccc(C(N)=O)nc1)OC. The van der Waals surface area contributed by atoms with Gasteiger partial charge < -0.3 is 20.5 Å². The molecule has 0 aliphatic carbocycles. The first kappa shape index (κ1) is 14.1. The van der Waals surface area contributed by atoms with E-state index >= 15 is 0 Å². The lowest BCUT2D eigenvalue weighted by molar-refractivity contribution is -0.0974. The third kappa shape index (κ3) is 3.79. The molecule has 18 heavy (non-hydrogen) atoms. The molecule has 0 spiro atoms. The first-order chi connectivity index (χ1) is 8.58. The molecule has 0 radical (unpaired) electrons. The summed E-state index contributed by atoms with van der Waals surface area (Å²) >= 11 is 0. The molecule has 0 bridgehead atoms. The zero-order chi connectivity index (χ0) is 13.5. The van der Waals surface area contributed by atoms with Crippen molar-refractivity contribution in [1.29, 1.82) is 0 Å². The van der Waals surface area contributed by atoms with Gasteiger partial charge >= 0.3 is 0 Å². The highest BCUT2D eigenvalue weighted by atomic mass is 16.7. The molecule has 2 amide bonds. The molecule has 7 heteroatoms. The molecule has 0 aliphatic heterocycles. The molecule has 1 rings (SSSR count). The number of primary amides is 1. The molecular weight excluding hydrogens is 238 g/mol. The molecule has 7 nitrogen and oxygen atoms in total. The number of aromatic nitrogens is 1. The number of pyridine rings is 1. The molecule has 0 saturated carbocycles. The summed E-state index contributed by atoms with van der Waals surface area (Å²) in [5, 5.41) is 2.60. The fraction of sp³-hybridized carbons (Fsp3) is 0.364. The summed E-state index contributed by atoms with van der Waals surface area (Å²) in [6, 6.07) is 2.86. The minimum atomic E-state index is -0.638. The summed E-state index contributed by atoms with van der Waals surface area (Å²) in [5.74, 6) is -0.974. The van der Waals surface area contributed by atoms with E-state index in [4.69, 9.17) is 15.2 Å². The highest BCUT2D eigenvalue weighted by Crippen LogP contribution is 2.00. The molecule has 98 valence electrons. The molecule has 0 aliphatic rings. The summed E-state index contributed by atoms with van der Waals surface area (Å²) in [6.45, 7) is 0.212. The van der Waals surface area contributed by atoms with Crippen LogP contribution in [-0.4, -0.2) is 43.9 Å². The number of ether oxygens (including phenoxy) is 2. The van der Waals surface area contributed by atoms with E-state index in [2.05, 4.69) is 10.3 Å². The predicted molar refractivity (Wildman–Crippen MR) is 62.9 cm³/mol. The van der Waals surface area contributed by atoms with Crippen LogP contribution in [0.4, 0.5) is 0 Å². The number of carbonyl (C=O) groups excluding carboxylic acids is 2. The molecule has 0 atom stereocenters. The third-order valence-electron chi connectivity index (χ3n) is 2.23. The van der Waals surface area contributed by atoms with E-state index in [0.717, 1.165) is 0 Å². The van der Waals surface area contributed by atoms with Crippen molar-refractivity contribution in [2.24, 2.45) is 5.73 Å². The summed E-state index contributed by atoms with van der Waals surface area (Å²) in [4.78, 5) is 26.3. The molecule has 3 N–H and O–H groups in total. The van der Waals surface area contributed by atoms with Crippen LogP contribution in [0.5, 0.6) is 0 Å². The number of hydrogen-bond acceptors (Lipinski definition) is 5. The second-order valence-electron chi connectivity index (χ2n) is 3.41. The summed E-state index contributed by atoms with van der Waals surface area (Å²) in [7, 11) is 2.95. The number of hydrogen-bond donors (Lipinski definition) is 2. The Morgan fingerprint density at radius 3 is 2.50 bits per heavy atom. The van der Waals surface area contributed by atoms with E-state index in [1.54, 1.807) is 0 Å². The fourth-order valence-electron chi connectivity index (χ4n) is 1.21. The molecule has 0 fully saturated rings. The van der Waals surface area contributed by atoms with E-state index in [9.17, 15) is 9.59 Å². The lowest BCUT2D eigenvalue weighted by Crippen LogP contribution is -2.34. The number of rotatable bonds is 6. The quantitative estimate of drug-likeness (QED) is 0.667. The molecule has 0 aromatic carbocycles. The van der Waals surface area contributed by atoms with E-state index in [-0.39, 0.29) is 18.1 Å². The van der Waals surface area contributed by atoms with E-state index < -0.39 is 12.2 Å². The minimum Gasteiger partial charge on any atom is -0.364 e. The highest BCUT2D eigenvalue weighted by Gasteiger charge is 2.11. The van der Waals surface area contributed by atoms with Gasteiger partial charge in [-0.2, -0.15) is 0 Å². The Balaban J connectivity index is 2.59. The van der Waals surface area contributed by atoms with Gasteiger partial charge in [-0.15, -0.1) is 0 Å². The maximum Gasteiger partial charge on any atom is 0.267 e. The lowest BCUT2D eigenvalue weighted by atomic mass is 10.2. The molecule has 1 aromatic heterocycles. The average molecular weight is 253 g/mol. The van der Waals surface area contributed by atoms with Crippen LogP contribution in [0.25, 0.3) is 0 Å². The molecule has 1 heterocycles. The van der Waals surface area contributed by atoms with Crippen molar-refractivity contribution in [1.82, 2.24) is 10.3 Å². The molecule has 0 saturated heterocycles. The van der Waals surface area contributed by atoms with Crippen LogP contribution in [-0.2, 0) is 9.47 Å². The number of methoxy groups -OCH3 is 2. The van der Waals surface area contributed by atoms with Gasteiger partial charge in [0, 0.05) is 20.4 Å². The second kappa shape index (κ2) is 6.67. The van der Waals surface area contributed by atoms with E-state index in [1.165, 1.54) is 32.5 Å². The zero-order valence-corrected chi connectivity index (χ0v) is 10.2. The summed E-state index contributed by atoms with van der Waals surface area (Å²) in [5.41, 5.74) is 5.47. The maximum atomic E-state index is 11.7. The van der Waals surface area contributed by atoms with Crippen LogP contribution in [0.3, 0.4) is 0 Å². The Kier molecular flexibility index (Phi) is 5.22. The summed E-state index contributed by atoms with van der Waals surface area (Å²) in [6.07, 6.45) is 0.774. The Labute approximate surface area is 104 Å². The van der Waals surface area contributed by atoms with Gasteiger partial charge in [0.1, 0.15) is 5.69 Å². The average Bonchev–Trinajstić information content (AvgIpc) is 2.39. The fourth-order valence-corrected chi connectivity index (χ4v) is 1.21. The van der Waals surface area contributed by atoms with Gasteiger partial charge in [0.15, 0.2) is 6.29 Å². The van der Waals surface area contributed by atoms with Crippen molar-refractivity contribution in [3.8, 4) is 0 Å². The van der Waals surface area contributed by atoms with Crippen molar-refractivity contribution < 1.29 is 19.1 Å². The summed E-state index contributed by atoms with van der Waals surface area (Å²) < 4.78 is 9.85. The molecule has 1 aromatic rings. The van der Waals surface area contributed by atoms with Gasteiger partial charge in [-0.1, -0.05) is 0 Å². The monoisotopic (exact) mass is 253 g/mol. The topological polar surface area (TPSA) is 104 Å². The normalized spacial score (nSPS) is 10.4. The van der Waals surface area contributed by atoms with Crippen LogP contribution in [0.2, 0.25) is 0 Å². The second-order valence-corrected chi connectivity index (χ2v) is 3.41. The van der Waals surface area contributed by atoms with Crippen molar-refractivity contribution in [3.63, 3.8) is 0 Å². The number of amides is 2. The number of nitrogens with two attached hydrogens (primary N) is 1. The minimum absolute atomic E-state index is 0.109. The van der Waals surface area contributed by atoms with Crippen LogP contribution in [0.1, 0.15) is 20.8 Å². The maximum absolute atomic E-state index is 11.7. The number of nitrogens with zero attached hydrogens (tertiary/aromatic N) is 1. The zero-order valence-electron chi connectivity index (χ0n) is 10.2. The smallest absolute Gasteiger partial charge is 0.267 e. The predicted octanol–water partition coefficient (Wildman–Crippen LogP) is -0.471. The molecular formula is C11H15N3O4. The van der Waals surface area contributed by atoms with Gasteiger partial charge in [0.2, 0.25) is 0 Å². The Hall–Kier alpha value is -1.99. The number of nitrogens with one attached hydrogen (secondary N) is 1. The van der Waals surface area contributed by atoms with Crippen LogP contribution in [0, 0.1) is 0 Å². The first-order valence-corrected chi connectivity index (χ1v) is 5.18. The van der Waals surface area contributed by atoms with Crippen LogP contribution in [0.15, 0.2) is 18.3 Å². The standard InChI is InChI=1S/C11H15N3O4/c1-17-9(18-2)6-14-11(16)7-3-4-8(10(12)15)13-5-7/h3-5,9H,6H2,1-2H3,(H2,12,15)(H,14,16). The van der Waals surface area contributed by atoms with Gasteiger partial charge in [-0.05, 0) is 12.1 Å².